The molecule has 3 rings (SSSR count). The summed E-state index contributed by atoms with van der Waals surface area (Å²) in [4.78, 5) is 14.9. The molecule has 1 aliphatic rings. The van der Waals surface area contributed by atoms with Crippen molar-refractivity contribution in [2.24, 2.45) is 0 Å². The standard InChI is InChI=1S/C23H30N2O2/c1-2-27-22-11-5-4-10-21(22)23(26)24-16-8-9-19-12-14-20(15-13-19)25-17-6-3-7-18-25/h4-5,10-15H,2-3,6-9,16-18H2,1H3,(H,24,26). The number of nitrogens with one attached hydrogen (secondary N) is 1. The van der Waals surface area contributed by atoms with Crippen molar-refractivity contribution in [3.63, 3.8) is 0 Å². The SMILES string of the molecule is CCOc1ccccc1C(=O)NCCCc1ccc(N2CCCCC2)cc1. The number of amides is 1. The topological polar surface area (TPSA) is 41.6 Å². The number of benzene rings is 2. The number of hydrogen-bond donors (Lipinski definition) is 1. The van der Waals surface area contributed by atoms with E-state index in [2.05, 4.69) is 34.5 Å². The third kappa shape index (κ3) is 5.49. The largest absolute Gasteiger partial charge is 0.493 e. The zero-order chi connectivity index (χ0) is 18.9. The maximum absolute atomic E-state index is 12.4. The first kappa shape index (κ1) is 19.3. The summed E-state index contributed by atoms with van der Waals surface area (Å²) in [6.45, 7) is 5.49. The molecule has 1 amide bonds. The first-order valence-corrected chi connectivity index (χ1v) is 10.1. The molecular weight excluding hydrogens is 336 g/mol. The van der Waals surface area contributed by atoms with Gasteiger partial charge in [0.25, 0.3) is 5.91 Å². The number of carbonyl (C=O) groups excluding carboxylic acids is 1. The maximum atomic E-state index is 12.4. The first-order chi connectivity index (χ1) is 13.3. The van der Waals surface area contributed by atoms with Crippen LogP contribution in [0.4, 0.5) is 5.69 Å². The van der Waals surface area contributed by atoms with E-state index >= 15 is 0 Å². The van der Waals surface area contributed by atoms with Gasteiger partial charge < -0.3 is 15.0 Å². The Labute approximate surface area is 162 Å². The summed E-state index contributed by atoms with van der Waals surface area (Å²) in [5.74, 6) is 0.574. The Balaban J connectivity index is 1.44. The van der Waals surface area contributed by atoms with Crippen molar-refractivity contribution in [1.29, 1.82) is 0 Å². The highest BCUT2D eigenvalue weighted by Crippen LogP contribution is 2.21. The zero-order valence-corrected chi connectivity index (χ0v) is 16.2. The molecule has 1 saturated heterocycles. The smallest absolute Gasteiger partial charge is 0.255 e. The lowest BCUT2D eigenvalue weighted by Gasteiger charge is -2.28. The van der Waals surface area contributed by atoms with Crippen LogP contribution in [0, 0.1) is 0 Å². The molecule has 0 bridgehead atoms. The van der Waals surface area contributed by atoms with Gasteiger partial charge in [-0.15, -0.1) is 0 Å². The number of rotatable bonds is 8. The molecule has 1 heterocycles. The van der Waals surface area contributed by atoms with E-state index in [1.807, 2.05) is 25.1 Å². The highest BCUT2D eigenvalue weighted by molar-refractivity contribution is 5.96. The van der Waals surface area contributed by atoms with Crippen LogP contribution in [-0.4, -0.2) is 32.1 Å². The Hall–Kier alpha value is -2.49. The minimum absolute atomic E-state index is 0.0699. The molecular formula is C23H30N2O2. The van der Waals surface area contributed by atoms with E-state index in [-0.39, 0.29) is 5.91 Å². The first-order valence-electron chi connectivity index (χ1n) is 10.1. The van der Waals surface area contributed by atoms with Crippen LogP contribution in [0.1, 0.15) is 48.5 Å². The van der Waals surface area contributed by atoms with Crippen molar-refractivity contribution < 1.29 is 9.53 Å². The molecule has 0 unspecified atom stereocenters. The summed E-state index contributed by atoms with van der Waals surface area (Å²) >= 11 is 0. The number of nitrogens with zero attached hydrogens (tertiary/aromatic N) is 1. The molecule has 0 radical (unpaired) electrons. The van der Waals surface area contributed by atoms with Crippen LogP contribution in [0.15, 0.2) is 48.5 Å². The normalized spacial score (nSPS) is 14.0. The molecule has 1 fully saturated rings. The molecule has 0 spiro atoms. The summed E-state index contributed by atoms with van der Waals surface area (Å²) in [7, 11) is 0. The number of anilines is 1. The Bertz CT molecular complexity index is 721. The molecule has 4 nitrogen and oxygen atoms in total. The second-order valence-corrected chi connectivity index (χ2v) is 7.00. The lowest BCUT2D eigenvalue weighted by Crippen LogP contribution is -2.29. The molecule has 1 aliphatic heterocycles. The van der Waals surface area contributed by atoms with Gasteiger partial charge in [-0.05, 0) is 68.9 Å². The van der Waals surface area contributed by atoms with Gasteiger partial charge in [0.2, 0.25) is 0 Å². The Morgan fingerprint density at radius 1 is 1.04 bits per heavy atom. The molecule has 0 aliphatic carbocycles. The van der Waals surface area contributed by atoms with Crippen LogP contribution in [0.25, 0.3) is 0 Å². The molecule has 2 aromatic rings. The number of carbonyl (C=O) groups is 1. The third-order valence-corrected chi connectivity index (χ3v) is 5.02. The van der Waals surface area contributed by atoms with Crippen molar-refractivity contribution in [1.82, 2.24) is 5.32 Å². The number of hydrogen-bond acceptors (Lipinski definition) is 3. The monoisotopic (exact) mass is 366 g/mol. The van der Waals surface area contributed by atoms with Gasteiger partial charge in [0.15, 0.2) is 0 Å². The summed E-state index contributed by atoms with van der Waals surface area (Å²) < 4.78 is 5.53. The highest BCUT2D eigenvalue weighted by atomic mass is 16.5. The van der Waals surface area contributed by atoms with Gasteiger partial charge in [0, 0.05) is 25.3 Å². The number of ether oxygens (including phenoxy) is 1. The van der Waals surface area contributed by atoms with Gasteiger partial charge in [-0.3, -0.25) is 4.79 Å². The second kappa shape index (κ2) is 10.0. The van der Waals surface area contributed by atoms with Crippen LogP contribution in [0.5, 0.6) is 5.75 Å². The van der Waals surface area contributed by atoms with Crippen molar-refractivity contribution >= 4 is 11.6 Å². The Morgan fingerprint density at radius 3 is 2.52 bits per heavy atom. The average Bonchev–Trinajstić information content (AvgIpc) is 2.73. The van der Waals surface area contributed by atoms with Crippen molar-refractivity contribution in [2.75, 3.05) is 31.1 Å². The molecule has 4 heteroatoms. The van der Waals surface area contributed by atoms with E-state index in [1.54, 1.807) is 6.07 Å². The van der Waals surface area contributed by atoms with Crippen molar-refractivity contribution in [3.8, 4) is 5.75 Å². The summed E-state index contributed by atoms with van der Waals surface area (Å²) in [5.41, 5.74) is 3.25. The number of piperidine rings is 1. The molecule has 2 aromatic carbocycles. The van der Waals surface area contributed by atoms with E-state index in [4.69, 9.17) is 4.74 Å². The van der Waals surface area contributed by atoms with Crippen LogP contribution >= 0.6 is 0 Å². The second-order valence-electron chi connectivity index (χ2n) is 7.00. The van der Waals surface area contributed by atoms with Gasteiger partial charge in [-0.25, -0.2) is 0 Å². The maximum Gasteiger partial charge on any atom is 0.255 e. The van der Waals surface area contributed by atoms with Crippen molar-refractivity contribution in [3.05, 3.63) is 59.7 Å². The third-order valence-electron chi connectivity index (χ3n) is 5.02. The number of aryl methyl sites for hydroxylation is 1. The minimum atomic E-state index is -0.0699. The Morgan fingerprint density at radius 2 is 1.78 bits per heavy atom. The van der Waals surface area contributed by atoms with E-state index < -0.39 is 0 Å². The molecule has 0 saturated carbocycles. The predicted molar refractivity (Wildman–Crippen MR) is 111 cm³/mol. The van der Waals surface area contributed by atoms with Crippen LogP contribution in [-0.2, 0) is 6.42 Å². The molecule has 27 heavy (non-hydrogen) atoms. The molecule has 0 atom stereocenters. The summed E-state index contributed by atoms with van der Waals surface area (Å²) in [6.07, 6.45) is 5.84. The fraction of sp³-hybridized carbons (Fsp3) is 0.435. The predicted octanol–water partition coefficient (Wildman–Crippen LogP) is 4.44. The van der Waals surface area contributed by atoms with E-state index in [1.165, 1.54) is 43.6 Å². The van der Waals surface area contributed by atoms with Crippen LogP contribution in [0.3, 0.4) is 0 Å². The quantitative estimate of drug-likeness (QED) is 0.702. The lowest BCUT2D eigenvalue weighted by atomic mass is 10.1. The summed E-state index contributed by atoms with van der Waals surface area (Å²) in [5, 5.41) is 3.00. The molecule has 144 valence electrons. The van der Waals surface area contributed by atoms with Gasteiger partial charge >= 0.3 is 0 Å². The van der Waals surface area contributed by atoms with Gasteiger partial charge in [-0.2, -0.15) is 0 Å². The zero-order valence-electron chi connectivity index (χ0n) is 16.2. The molecule has 0 aromatic heterocycles. The summed E-state index contributed by atoms with van der Waals surface area (Å²) in [6, 6.07) is 16.3. The van der Waals surface area contributed by atoms with E-state index in [0.717, 1.165) is 12.8 Å². The van der Waals surface area contributed by atoms with Crippen LogP contribution < -0.4 is 15.0 Å². The highest BCUT2D eigenvalue weighted by Gasteiger charge is 2.12. The Kier molecular flexibility index (Phi) is 7.14. The van der Waals surface area contributed by atoms with E-state index in [9.17, 15) is 4.79 Å². The number of para-hydroxylation sites is 1. The van der Waals surface area contributed by atoms with Crippen molar-refractivity contribution in [2.45, 2.75) is 39.0 Å². The van der Waals surface area contributed by atoms with Gasteiger partial charge in [0.1, 0.15) is 5.75 Å². The van der Waals surface area contributed by atoms with Gasteiger partial charge in [-0.1, -0.05) is 24.3 Å². The van der Waals surface area contributed by atoms with Crippen LogP contribution in [0.2, 0.25) is 0 Å². The molecule has 1 N–H and O–H groups in total. The fourth-order valence-electron chi connectivity index (χ4n) is 3.55. The minimum Gasteiger partial charge on any atom is -0.493 e. The average molecular weight is 367 g/mol. The fourth-order valence-corrected chi connectivity index (χ4v) is 3.55. The van der Waals surface area contributed by atoms with Gasteiger partial charge in [0.05, 0.1) is 12.2 Å². The van der Waals surface area contributed by atoms with E-state index in [0.29, 0.717) is 24.5 Å². The lowest BCUT2D eigenvalue weighted by molar-refractivity contribution is 0.0949.